The fourth-order valence-corrected chi connectivity index (χ4v) is 2.07. The van der Waals surface area contributed by atoms with Crippen LogP contribution < -0.4 is 5.32 Å². The van der Waals surface area contributed by atoms with Crippen LogP contribution in [0.4, 0.5) is 0 Å². The van der Waals surface area contributed by atoms with E-state index in [0.29, 0.717) is 6.04 Å². The molecule has 2 heterocycles. The lowest BCUT2D eigenvalue weighted by molar-refractivity contribution is 0.533. The third-order valence-corrected chi connectivity index (χ3v) is 2.99. The Morgan fingerprint density at radius 1 is 1.44 bits per heavy atom. The first-order valence-corrected chi connectivity index (χ1v) is 6.44. The molecule has 0 aliphatic rings. The average Bonchev–Trinajstić information content (AvgIpc) is 2.96. The van der Waals surface area contributed by atoms with E-state index >= 15 is 0 Å². The Balaban J connectivity index is 2.07. The second-order valence-electron chi connectivity index (χ2n) is 4.62. The molecule has 0 fully saturated rings. The number of hydrogen-bond donors (Lipinski definition) is 1. The van der Waals surface area contributed by atoms with Crippen LogP contribution in [0.5, 0.6) is 0 Å². The summed E-state index contributed by atoms with van der Waals surface area (Å²) in [5.41, 5.74) is 2.27. The van der Waals surface area contributed by atoms with Crippen molar-refractivity contribution in [1.82, 2.24) is 24.9 Å². The van der Waals surface area contributed by atoms with E-state index in [2.05, 4.69) is 52.4 Å². The smallest absolute Gasteiger partial charge is 0.102 e. The molecule has 1 unspecified atom stereocenters. The molecule has 0 aromatic carbocycles. The van der Waals surface area contributed by atoms with Gasteiger partial charge in [0.15, 0.2) is 0 Å². The minimum Gasteiger partial charge on any atom is -0.344 e. The minimum atomic E-state index is 0.358. The Morgan fingerprint density at radius 2 is 2.28 bits per heavy atom. The molecule has 0 saturated heterocycles. The summed E-state index contributed by atoms with van der Waals surface area (Å²) in [6.45, 7) is 6.18. The number of aromatic nitrogens is 4. The van der Waals surface area contributed by atoms with E-state index in [1.807, 2.05) is 13.2 Å². The van der Waals surface area contributed by atoms with Crippen LogP contribution in [0.1, 0.15) is 37.7 Å². The van der Waals surface area contributed by atoms with Crippen molar-refractivity contribution in [3.63, 3.8) is 0 Å². The molecule has 0 spiro atoms. The van der Waals surface area contributed by atoms with Crippen molar-refractivity contribution >= 4 is 0 Å². The average molecular weight is 247 g/mol. The molecule has 18 heavy (non-hydrogen) atoms. The maximum Gasteiger partial charge on any atom is 0.102 e. The zero-order valence-corrected chi connectivity index (χ0v) is 11.3. The molecule has 1 atom stereocenters. The predicted molar refractivity (Wildman–Crippen MR) is 71.2 cm³/mol. The number of hydrogen-bond acceptors (Lipinski definition) is 3. The van der Waals surface area contributed by atoms with Gasteiger partial charge in [0.05, 0.1) is 6.54 Å². The Hall–Kier alpha value is -1.62. The van der Waals surface area contributed by atoms with Gasteiger partial charge in [0.2, 0.25) is 0 Å². The van der Waals surface area contributed by atoms with Crippen LogP contribution in [0.3, 0.4) is 0 Å². The zero-order valence-electron chi connectivity index (χ0n) is 11.3. The van der Waals surface area contributed by atoms with Crippen LogP contribution in [0, 0.1) is 0 Å². The van der Waals surface area contributed by atoms with E-state index in [0.717, 1.165) is 25.2 Å². The molecule has 98 valence electrons. The van der Waals surface area contributed by atoms with E-state index in [-0.39, 0.29) is 0 Å². The maximum atomic E-state index is 4.12. The van der Waals surface area contributed by atoms with Crippen molar-refractivity contribution in [2.24, 2.45) is 7.05 Å². The Kier molecular flexibility index (Phi) is 4.15. The van der Waals surface area contributed by atoms with Crippen molar-refractivity contribution < 1.29 is 0 Å². The summed E-state index contributed by atoms with van der Waals surface area (Å²) in [5.74, 6) is 0. The molecule has 0 amide bonds. The molecule has 1 N–H and O–H groups in total. The first kappa shape index (κ1) is 12.8. The summed E-state index contributed by atoms with van der Waals surface area (Å²) >= 11 is 0. The second-order valence-corrected chi connectivity index (χ2v) is 4.62. The van der Waals surface area contributed by atoms with Gasteiger partial charge in [-0.25, -0.2) is 0 Å². The van der Waals surface area contributed by atoms with E-state index in [1.165, 1.54) is 5.69 Å². The summed E-state index contributed by atoms with van der Waals surface area (Å²) in [5, 5.41) is 11.6. The minimum absolute atomic E-state index is 0.358. The van der Waals surface area contributed by atoms with Gasteiger partial charge >= 0.3 is 0 Å². The summed E-state index contributed by atoms with van der Waals surface area (Å²) in [6.07, 6.45) is 5.19. The third-order valence-electron chi connectivity index (χ3n) is 2.99. The molecule has 0 radical (unpaired) electrons. The molecule has 0 aliphatic heterocycles. The highest BCUT2D eigenvalue weighted by molar-refractivity contribution is 5.13. The van der Waals surface area contributed by atoms with Crippen molar-refractivity contribution in [3.05, 3.63) is 35.9 Å². The number of nitrogens with one attached hydrogen (secondary N) is 1. The standard InChI is InChI=1S/C13H21N5/c1-4-7-14-11(2)13-6-5-8-18(13)10-12-9-17(3)16-15-12/h5-6,8-9,11,14H,4,7,10H2,1-3H3. The van der Waals surface area contributed by atoms with Gasteiger partial charge in [-0.15, -0.1) is 5.10 Å². The number of nitrogens with zero attached hydrogens (tertiary/aromatic N) is 4. The summed E-state index contributed by atoms with van der Waals surface area (Å²) < 4.78 is 3.95. The van der Waals surface area contributed by atoms with Crippen LogP contribution >= 0.6 is 0 Å². The topological polar surface area (TPSA) is 47.7 Å². The SMILES string of the molecule is CCCNC(C)c1cccn1Cc1cn(C)nn1. The molecule has 5 heteroatoms. The van der Waals surface area contributed by atoms with Crippen molar-refractivity contribution in [1.29, 1.82) is 0 Å². The van der Waals surface area contributed by atoms with Crippen molar-refractivity contribution in [3.8, 4) is 0 Å². The highest BCUT2D eigenvalue weighted by Crippen LogP contribution is 2.14. The van der Waals surface area contributed by atoms with Gasteiger partial charge in [-0.1, -0.05) is 12.1 Å². The third kappa shape index (κ3) is 2.98. The monoisotopic (exact) mass is 247 g/mol. The van der Waals surface area contributed by atoms with Crippen LogP contribution in [0.2, 0.25) is 0 Å². The van der Waals surface area contributed by atoms with Gasteiger partial charge in [0, 0.05) is 31.2 Å². The van der Waals surface area contributed by atoms with Gasteiger partial charge in [-0.2, -0.15) is 0 Å². The first-order chi connectivity index (χ1) is 8.70. The second kappa shape index (κ2) is 5.82. The van der Waals surface area contributed by atoms with Gasteiger partial charge in [-0.05, 0) is 32.0 Å². The Morgan fingerprint density at radius 3 is 2.94 bits per heavy atom. The fraction of sp³-hybridized carbons (Fsp3) is 0.538. The van der Waals surface area contributed by atoms with Crippen LogP contribution in [-0.4, -0.2) is 26.1 Å². The largest absolute Gasteiger partial charge is 0.344 e. The number of aryl methyl sites for hydroxylation is 1. The maximum absolute atomic E-state index is 4.12. The highest BCUT2D eigenvalue weighted by Gasteiger charge is 2.10. The van der Waals surface area contributed by atoms with Crippen molar-refractivity contribution in [2.75, 3.05) is 6.54 Å². The van der Waals surface area contributed by atoms with Crippen LogP contribution in [0.25, 0.3) is 0 Å². The van der Waals surface area contributed by atoms with Gasteiger partial charge < -0.3 is 9.88 Å². The molecule has 0 aliphatic carbocycles. The molecule has 2 aromatic heterocycles. The Labute approximate surface area is 108 Å². The van der Waals surface area contributed by atoms with E-state index in [4.69, 9.17) is 0 Å². The Bertz CT molecular complexity index is 485. The first-order valence-electron chi connectivity index (χ1n) is 6.44. The van der Waals surface area contributed by atoms with Gasteiger partial charge in [0.25, 0.3) is 0 Å². The predicted octanol–water partition coefficient (Wildman–Crippen LogP) is 1.73. The van der Waals surface area contributed by atoms with Crippen LogP contribution in [-0.2, 0) is 13.6 Å². The quantitative estimate of drug-likeness (QED) is 0.845. The highest BCUT2D eigenvalue weighted by atomic mass is 15.4. The fourth-order valence-electron chi connectivity index (χ4n) is 2.07. The molecule has 0 saturated carbocycles. The lowest BCUT2D eigenvalue weighted by atomic mass is 10.2. The van der Waals surface area contributed by atoms with Crippen LogP contribution in [0.15, 0.2) is 24.5 Å². The van der Waals surface area contributed by atoms with E-state index < -0.39 is 0 Å². The molecular weight excluding hydrogens is 226 g/mol. The number of rotatable bonds is 6. The molecule has 2 aromatic rings. The lowest BCUT2D eigenvalue weighted by Crippen LogP contribution is -2.22. The summed E-state index contributed by atoms with van der Waals surface area (Å²) in [6, 6.07) is 4.59. The van der Waals surface area contributed by atoms with Gasteiger partial charge in [-0.3, -0.25) is 4.68 Å². The molecule has 2 rings (SSSR count). The lowest BCUT2D eigenvalue weighted by Gasteiger charge is -2.16. The summed E-state index contributed by atoms with van der Waals surface area (Å²) in [7, 11) is 1.89. The normalized spacial score (nSPS) is 12.8. The molecular formula is C13H21N5. The van der Waals surface area contributed by atoms with Crippen molar-refractivity contribution in [2.45, 2.75) is 32.9 Å². The summed E-state index contributed by atoms with van der Waals surface area (Å²) in [4.78, 5) is 0. The molecule has 5 nitrogen and oxygen atoms in total. The zero-order chi connectivity index (χ0) is 13.0. The van der Waals surface area contributed by atoms with E-state index in [9.17, 15) is 0 Å². The van der Waals surface area contributed by atoms with Gasteiger partial charge in [0.1, 0.15) is 5.69 Å². The van der Waals surface area contributed by atoms with E-state index in [1.54, 1.807) is 4.68 Å². The molecule has 0 bridgehead atoms.